The summed E-state index contributed by atoms with van der Waals surface area (Å²) in [5.41, 5.74) is 2.86. The molecule has 0 amide bonds. The highest BCUT2D eigenvalue weighted by atomic mass is 16.5. The highest BCUT2D eigenvalue weighted by molar-refractivity contribution is 6.25. The molecule has 4 nitrogen and oxygen atoms in total. The van der Waals surface area contributed by atoms with Gasteiger partial charge in [0.25, 0.3) is 0 Å². The van der Waals surface area contributed by atoms with Crippen molar-refractivity contribution < 1.29 is 19.1 Å². The summed E-state index contributed by atoms with van der Waals surface area (Å²) < 4.78 is 9.99. The van der Waals surface area contributed by atoms with E-state index in [9.17, 15) is 9.59 Å². The van der Waals surface area contributed by atoms with Crippen LogP contribution in [0.4, 0.5) is 0 Å². The number of carbonyl (C=O) groups excluding carboxylic acids is 2. The van der Waals surface area contributed by atoms with Crippen molar-refractivity contribution in [3.63, 3.8) is 0 Å². The second-order valence-electron chi connectivity index (χ2n) is 4.08. The van der Waals surface area contributed by atoms with Gasteiger partial charge in [-0.15, -0.1) is 0 Å². The van der Waals surface area contributed by atoms with Gasteiger partial charge in [-0.1, -0.05) is 12.1 Å². The Morgan fingerprint density at radius 2 is 2.11 bits per heavy atom. The Morgan fingerprint density at radius 1 is 1.39 bits per heavy atom. The lowest BCUT2D eigenvalue weighted by Gasteiger charge is -2.04. The number of carbonyl (C=O) groups is 2. The molecule has 0 atom stereocenters. The van der Waals surface area contributed by atoms with Gasteiger partial charge in [0.15, 0.2) is 0 Å². The second-order valence-corrected chi connectivity index (χ2v) is 4.08. The Kier molecular flexibility index (Phi) is 3.19. The van der Waals surface area contributed by atoms with E-state index in [1.807, 2.05) is 19.9 Å². The molecule has 1 heterocycles. The zero-order valence-electron chi connectivity index (χ0n) is 10.6. The number of hydrogen-bond donors (Lipinski definition) is 0. The van der Waals surface area contributed by atoms with E-state index in [-0.39, 0.29) is 12.2 Å². The van der Waals surface area contributed by atoms with Crippen LogP contribution in [0.15, 0.2) is 18.2 Å². The molecule has 1 aliphatic heterocycles. The van der Waals surface area contributed by atoms with Crippen molar-refractivity contribution in [1.29, 1.82) is 0 Å². The number of ether oxygens (including phenoxy) is 2. The average Bonchev–Trinajstić information content (AvgIpc) is 2.63. The van der Waals surface area contributed by atoms with Crippen molar-refractivity contribution in [2.45, 2.75) is 20.8 Å². The van der Waals surface area contributed by atoms with Crippen LogP contribution in [-0.4, -0.2) is 18.5 Å². The van der Waals surface area contributed by atoms with Gasteiger partial charge < -0.3 is 9.47 Å². The summed E-state index contributed by atoms with van der Waals surface area (Å²) in [7, 11) is 0. The van der Waals surface area contributed by atoms with Crippen LogP contribution in [0.5, 0.6) is 5.75 Å². The summed E-state index contributed by atoms with van der Waals surface area (Å²) in [5, 5.41) is 0. The standard InChI is InChI=1S/C14H14O4/c1-4-17-12(15)7-11-10-6-5-8(2)9(3)13(10)18-14(11)16/h5-7H,4H2,1-3H3/b11-7-. The summed E-state index contributed by atoms with van der Waals surface area (Å²) in [6.07, 6.45) is 1.19. The highest BCUT2D eigenvalue weighted by Crippen LogP contribution is 2.38. The SMILES string of the molecule is CCOC(=O)/C=C1\C(=O)Oc2c1ccc(C)c2C. The van der Waals surface area contributed by atoms with Crippen LogP contribution in [0, 0.1) is 13.8 Å². The van der Waals surface area contributed by atoms with E-state index in [1.54, 1.807) is 13.0 Å². The Balaban J connectivity index is 2.46. The highest BCUT2D eigenvalue weighted by Gasteiger charge is 2.29. The minimum Gasteiger partial charge on any atom is -0.463 e. The van der Waals surface area contributed by atoms with E-state index in [0.717, 1.165) is 11.1 Å². The van der Waals surface area contributed by atoms with E-state index in [0.29, 0.717) is 11.3 Å². The van der Waals surface area contributed by atoms with Gasteiger partial charge in [0.05, 0.1) is 12.2 Å². The van der Waals surface area contributed by atoms with Crippen LogP contribution in [0.3, 0.4) is 0 Å². The minimum absolute atomic E-state index is 0.256. The molecule has 0 radical (unpaired) electrons. The number of aryl methyl sites for hydroxylation is 1. The minimum atomic E-state index is -0.532. The number of rotatable bonds is 2. The molecule has 18 heavy (non-hydrogen) atoms. The predicted octanol–water partition coefficient (Wildman–Crippen LogP) is 2.17. The van der Waals surface area contributed by atoms with Gasteiger partial charge in [0.2, 0.25) is 0 Å². The monoisotopic (exact) mass is 246 g/mol. The van der Waals surface area contributed by atoms with Crippen LogP contribution in [0.1, 0.15) is 23.6 Å². The van der Waals surface area contributed by atoms with Gasteiger partial charge in [-0.3, -0.25) is 0 Å². The number of fused-ring (bicyclic) bond motifs is 1. The Labute approximate surface area is 105 Å². The molecule has 1 aromatic rings. The molecule has 1 aromatic carbocycles. The Bertz CT molecular complexity index is 555. The molecule has 0 spiro atoms. The van der Waals surface area contributed by atoms with Gasteiger partial charge >= 0.3 is 11.9 Å². The van der Waals surface area contributed by atoms with Crippen molar-refractivity contribution in [1.82, 2.24) is 0 Å². The molecule has 0 saturated carbocycles. The summed E-state index contributed by atoms with van der Waals surface area (Å²) in [5.74, 6) is -0.502. The fourth-order valence-electron chi connectivity index (χ4n) is 1.83. The third kappa shape index (κ3) is 2.01. The van der Waals surface area contributed by atoms with Crippen LogP contribution in [0.2, 0.25) is 0 Å². The van der Waals surface area contributed by atoms with Crippen LogP contribution < -0.4 is 4.74 Å². The lowest BCUT2D eigenvalue weighted by Crippen LogP contribution is -2.05. The number of hydrogen-bond acceptors (Lipinski definition) is 4. The molecular formula is C14H14O4. The quantitative estimate of drug-likeness (QED) is 0.456. The summed E-state index contributed by atoms with van der Waals surface area (Å²) in [6.45, 7) is 5.81. The van der Waals surface area contributed by atoms with E-state index in [1.165, 1.54) is 6.08 Å². The van der Waals surface area contributed by atoms with E-state index in [4.69, 9.17) is 9.47 Å². The maximum absolute atomic E-state index is 11.7. The van der Waals surface area contributed by atoms with Crippen LogP contribution in [-0.2, 0) is 14.3 Å². The fourth-order valence-corrected chi connectivity index (χ4v) is 1.83. The van der Waals surface area contributed by atoms with Gasteiger partial charge in [-0.2, -0.15) is 0 Å². The maximum atomic E-state index is 11.7. The first-order valence-corrected chi connectivity index (χ1v) is 5.75. The first-order chi connectivity index (χ1) is 8.54. The Morgan fingerprint density at radius 3 is 2.78 bits per heavy atom. The van der Waals surface area contributed by atoms with Crippen LogP contribution in [0.25, 0.3) is 5.57 Å². The van der Waals surface area contributed by atoms with Gasteiger partial charge in [-0.25, -0.2) is 9.59 Å². The van der Waals surface area contributed by atoms with E-state index < -0.39 is 11.9 Å². The third-order valence-electron chi connectivity index (χ3n) is 2.93. The molecule has 94 valence electrons. The lowest BCUT2D eigenvalue weighted by atomic mass is 10.0. The zero-order chi connectivity index (χ0) is 13.3. The van der Waals surface area contributed by atoms with Crippen molar-refractivity contribution >= 4 is 17.5 Å². The van der Waals surface area contributed by atoms with Crippen molar-refractivity contribution in [3.05, 3.63) is 34.9 Å². The van der Waals surface area contributed by atoms with Crippen molar-refractivity contribution in [2.24, 2.45) is 0 Å². The molecular weight excluding hydrogens is 232 g/mol. The maximum Gasteiger partial charge on any atom is 0.344 e. The molecule has 4 heteroatoms. The van der Waals surface area contributed by atoms with E-state index >= 15 is 0 Å². The summed E-state index contributed by atoms with van der Waals surface area (Å²) >= 11 is 0. The molecule has 0 saturated heterocycles. The lowest BCUT2D eigenvalue weighted by molar-refractivity contribution is -0.137. The van der Waals surface area contributed by atoms with Crippen molar-refractivity contribution in [2.75, 3.05) is 6.61 Å². The first-order valence-electron chi connectivity index (χ1n) is 5.75. The molecule has 0 N–H and O–H groups in total. The normalized spacial score (nSPS) is 15.5. The Hall–Kier alpha value is -2.10. The number of esters is 2. The smallest absolute Gasteiger partial charge is 0.344 e. The van der Waals surface area contributed by atoms with Crippen molar-refractivity contribution in [3.8, 4) is 5.75 Å². The molecule has 0 unspecified atom stereocenters. The molecule has 0 aromatic heterocycles. The first kappa shape index (κ1) is 12.4. The second kappa shape index (κ2) is 4.64. The fraction of sp³-hybridized carbons (Fsp3) is 0.286. The molecule has 2 rings (SSSR count). The molecule has 1 aliphatic rings. The van der Waals surface area contributed by atoms with Gasteiger partial charge in [-0.05, 0) is 31.9 Å². The summed E-state index contributed by atoms with van der Waals surface area (Å²) in [6, 6.07) is 3.68. The van der Waals surface area contributed by atoms with Gasteiger partial charge in [0.1, 0.15) is 5.75 Å². The topological polar surface area (TPSA) is 52.6 Å². The molecule has 0 bridgehead atoms. The summed E-state index contributed by atoms with van der Waals surface area (Å²) in [4.78, 5) is 23.1. The van der Waals surface area contributed by atoms with Gasteiger partial charge in [0, 0.05) is 11.6 Å². The van der Waals surface area contributed by atoms with E-state index in [2.05, 4.69) is 0 Å². The zero-order valence-corrected chi connectivity index (χ0v) is 10.6. The predicted molar refractivity (Wildman–Crippen MR) is 66.2 cm³/mol. The average molecular weight is 246 g/mol. The van der Waals surface area contributed by atoms with Crippen LogP contribution >= 0.6 is 0 Å². The number of benzene rings is 1. The molecule has 0 aliphatic carbocycles. The largest absolute Gasteiger partial charge is 0.463 e. The molecule has 0 fully saturated rings. The third-order valence-corrected chi connectivity index (χ3v) is 2.93.